The number of halogens is 1. The largest absolute Gasteiger partial charge is 0.352 e. The Balaban J connectivity index is 1.54. The maximum atomic E-state index is 14.1. The SMILES string of the molecule is O=C(CCc1cscn1)NCc1ccc(-n2ccnc2)c(F)c1. The van der Waals surface area contributed by atoms with Gasteiger partial charge in [0.05, 0.1) is 23.2 Å². The maximum absolute atomic E-state index is 14.1. The molecule has 3 aromatic rings. The Morgan fingerprint density at radius 1 is 1.39 bits per heavy atom. The number of benzene rings is 1. The van der Waals surface area contributed by atoms with Gasteiger partial charge in [-0.1, -0.05) is 6.07 Å². The third kappa shape index (κ3) is 4.01. The summed E-state index contributed by atoms with van der Waals surface area (Å²) < 4.78 is 15.7. The van der Waals surface area contributed by atoms with Crippen molar-refractivity contribution in [3.05, 3.63) is 64.9 Å². The molecule has 5 nitrogen and oxygen atoms in total. The number of imidazole rings is 1. The van der Waals surface area contributed by atoms with Crippen LogP contribution in [0.4, 0.5) is 4.39 Å². The molecular weight excluding hydrogens is 315 g/mol. The van der Waals surface area contributed by atoms with Crippen molar-refractivity contribution in [1.82, 2.24) is 19.9 Å². The lowest BCUT2D eigenvalue weighted by molar-refractivity contribution is -0.121. The Labute approximate surface area is 136 Å². The van der Waals surface area contributed by atoms with Gasteiger partial charge in [0.2, 0.25) is 5.91 Å². The molecule has 7 heteroatoms. The smallest absolute Gasteiger partial charge is 0.220 e. The number of thiazole rings is 1. The molecule has 0 saturated heterocycles. The molecule has 1 N–H and O–H groups in total. The average molecular weight is 330 g/mol. The number of hydrogen-bond acceptors (Lipinski definition) is 4. The van der Waals surface area contributed by atoms with Gasteiger partial charge in [0.15, 0.2) is 0 Å². The predicted octanol–water partition coefficient (Wildman–Crippen LogP) is 2.72. The van der Waals surface area contributed by atoms with Gasteiger partial charge in [0, 0.05) is 30.7 Å². The van der Waals surface area contributed by atoms with Crippen LogP contribution in [0.5, 0.6) is 0 Å². The van der Waals surface area contributed by atoms with Crippen LogP contribution in [0.15, 0.2) is 47.8 Å². The van der Waals surface area contributed by atoms with Gasteiger partial charge in [-0.25, -0.2) is 14.4 Å². The van der Waals surface area contributed by atoms with Gasteiger partial charge < -0.3 is 9.88 Å². The van der Waals surface area contributed by atoms with Crippen molar-refractivity contribution in [2.75, 3.05) is 0 Å². The van der Waals surface area contributed by atoms with E-state index in [0.29, 0.717) is 30.6 Å². The lowest BCUT2D eigenvalue weighted by Gasteiger charge is -2.08. The van der Waals surface area contributed by atoms with Gasteiger partial charge in [-0.15, -0.1) is 11.3 Å². The van der Waals surface area contributed by atoms with Crippen LogP contribution in [0, 0.1) is 5.82 Å². The lowest BCUT2D eigenvalue weighted by atomic mass is 10.2. The number of aryl methyl sites for hydroxylation is 1. The van der Waals surface area contributed by atoms with Gasteiger partial charge in [0.25, 0.3) is 0 Å². The number of carbonyl (C=O) groups is 1. The van der Waals surface area contributed by atoms with Crippen LogP contribution in [0.25, 0.3) is 5.69 Å². The highest BCUT2D eigenvalue weighted by atomic mass is 32.1. The van der Waals surface area contributed by atoms with E-state index in [0.717, 1.165) is 5.69 Å². The maximum Gasteiger partial charge on any atom is 0.220 e. The second-order valence-corrected chi connectivity index (χ2v) is 5.73. The summed E-state index contributed by atoms with van der Waals surface area (Å²) in [5, 5.41) is 4.72. The van der Waals surface area contributed by atoms with E-state index in [9.17, 15) is 9.18 Å². The van der Waals surface area contributed by atoms with E-state index in [-0.39, 0.29) is 11.7 Å². The highest BCUT2D eigenvalue weighted by Crippen LogP contribution is 2.15. The predicted molar refractivity (Wildman–Crippen MR) is 85.8 cm³/mol. The minimum atomic E-state index is -0.350. The van der Waals surface area contributed by atoms with Crippen LogP contribution in [0.2, 0.25) is 0 Å². The molecule has 23 heavy (non-hydrogen) atoms. The Kier molecular flexibility index (Phi) is 4.77. The highest BCUT2D eigenvalue weighted by Gasteiger charge is 2.07. The second-order valence-electron chi connectivity index (χ2n) is 5.01. The van der Waals surface area contributed by atoms with Gasteiger partial charge >= 0.3 is 0 Å². The van der Waals surface area contributed by atoms with Crippen LogP contribution in [0.3, 0.4) is 0 Å². The van der Waals surface area contributed by atoms with Gasteiger partial charge in [-0.3, -0.25) is 4.79 Å². The van der Waals surface area contributed by atoms with Gasteiger partial charge in [-0.05, 0) is 24.1 Å². The van der Waals surface area contributed by atoms with Gasteiger partial charge in [-0.2, -0.15) is 0 Å². The Hall–Kier alpha value is -2.54. The average Bonchev–Trinajstić information content (AvgIpc) is 3.24. The van der Waals surface area contributed by atoms with Crippen LogP contribution in [-0.2, 0) is 17.8 Å². The molecule has 0 aliphatic carbocycles. The summed E-state index contributed by atoms with van der Waals surface area (Å²) >= 11 is 1.51. The molecule has 0 spiro atoms. The summed E-state index contributed by atoms with van der Waals surface area (Å²) in [5.74, 6) is -0.422. The van der Waals surface area contributed by atoms with Crippen LogP contribution < -0.4 is 5.32 Å². The molecule has 3 rings (SSSR count). The van der Waals surface area contributed by atoms with Crippen molar-refractivity contribution in [1.29, 1.82) is 0 Å². The zero-order chi connectivity index (χ0) is 16.1. The van der Waals surface area contributed by atoms with Crippen LogP contribution >= 0.6 is 11.3 Å². The van der Waals surface area contributed by atoms with E-state index < -0.39 is 0 Å². The number of amides is 1. The molecule has 0 saturated carbocycles. The summed E-state index contributed by atoms with van der Waals surface area (Å²) in [6, 6.07) is 4.89. The fourth-order valence-corrected chi connectivity index (χ4v) is 2.76. The Morgan fingerprint density at radius 3 is 3.00 bits per heavy atom. The summed E-state index contributed by atoms with van der Waals surface area (Å²) in [7, 11) is 0. The number of nitrogens with zero attached hydrogens (tertiary/aromatic N) is 3. The third-order valence-corrected chi connectivity index (χ3v) is 4.01. The first-order valence-corrected chi connectivity index (χ1v) is 8.07. The Morgan fingerprint density at radius 2 is 2.30 bits per heavy atom. The van der Waals surface area contributed by atoms with E-state index in [4.69, 9.17) is 0 Å². The molecule has 118 valence electrons. The molecule has 2 aromatic heterocycles. The first-order valence-electron chi connectivity index (χ1n) is 7.13. The van der Waals surface area contributed by atoms with Crippen molar-refractivity contribution in [3.63, 3.8) is 0 Å². The standard InChI is InChI=1S/C16H15FN4OS/c17-14-7-12(1-3-15(14)21-6-5-18-10-21)8-19-16(22)4-2-13-9-23-11-20-13/h1,3,5-7,9-11H,2,4,8H2,(H,19,22). The summed E-state index contributed by atoms with van der Waals surface area (Å²) in [6.07, 6.45) is 5.80. The summed E-state index contributed by atoms with van der Waals surface area (Å²) in [5.41, 5.74) is 3.81. The molecule has 0 radical (unpaired) electrons. The number of nitrogens with one attached hydrogen (secondary N) is 1. The topological polar surface area (TPSA) is 59.8 Å². The van der Waals surface area contributed by atoms with Crippen molar-refractivity contribution in [3.8, 4) is 5.69 Å². The zero-order valence-corrected chi connectivity index (χ0v) is 13.1. The summed E-state index contributed by atoms with van der Waals surface area (Å²) in [6.45, 7) is 0.303. The molecule has 0 bridgehead atoms. The molecule has 0 aliphatic rings. The normalized spacial score (nSPS) is 10.7. The lowest BCUT2D eigenvalue weighted by Crippen LogP contribution is -2.23. The molecule has 0 atom stereocenters. The highest BCUT2D eigenvalue weighted by molar-refractivity contribution is 7.07. The fraction of sp³-hybridized carbons (Fsp3) is 0.188. The molecule has 0 aliphatic heterocycles. The quantitative estimate of drug-likeness (QED) is 0.756. The second kappa shape index (κ2) is 7.15. The first-order chi connectivity index (χ1) is 11.2. The molecule has 1 aromatic carbocycles. The van der Waals surface area contributed by atoms with Crippen LogP contribution in [0.1, 0.15) is 17.7 Å². The fourth-order valence-electron chi connectivity index (χ4n) is 2.16. The third-order valence-electron chi connectivity index (χ3n) is 3.38. The van der Waals surface area contributed by atoms with Crippen molar-refractivity contribution in [2.24, 2.45) is 0 Å². The molecular formula is C16H15FN4OS. The van der Waals surface area contributed by atoms with Crippen molar-refractivity contribution >= 4 is 17.2 Å². The molecule has 1 amide bonds. The molecule has 0 fully saturated rings. The summed E-state index contributed by atoms with van der Waals surface area (Å²) in [4.78, 5) is 19.8. The number of hydrogen-bond donors (Lipinski definition) is 1. The molecule has 0 unspecified atom stereocenters. The minimum absolute atomic E-state index is 0.0721. The van der Waals surface area contributed by atoms with E-state index in [2.05, 4.69) is 15.3 Å². The van der Waals surface area contributed by atoms with E-state index in [1.54, 1.807) is 40.9 Å². The Bertz CT molecular complexity index is 771. The number of aromatic nitrogens is 3. The van der Waals surface area contributed by atoms with E-state index >= 15 is 0 Å². The van der Waals surface area contributed by atoms with E-state index in [1.165, 1.54) is 17.4 Å². The van der Waals surface area contributed by atoms with Crippen molar-refractivity contribution in [2.45, 2.75) is 19.4 Å². The van der Waals surface area contributed by atoms with Crippen LogP contribution in [-0.4, -0.2) is 20.4 Å². The first kappa shape index (κ1) is 15.4. The van der Waals surface area contributed by atoms with Gasteiger partial charge in [0.1, 0.15) is 5.82 Å². The number of carbonyl (C=O) groups excluding carboxylic acids is 1. The van der Waals surface area contributed by atoms with Crippen molar-refractivity contribution < 1.29 is 9.18 Å². The number of rotatable bonds is 6. The minimum Gasteiger partial charge on any atom is -0.352 e. The zero-order valence-electron chi connectivity index (χ0n) is 12.3. The monoisotopic (exact) mass is 330 g/mol. The molecule has 2 heterocycles. The van der Waals surface area contributed by atoms with E-state index in [1.807, 2.05) is 5.38 Å².